The maximum absolute atomic E-state index is 12.8. The van der Waals surface area contributed by atoms with Crippen LogP contribution in [-0.2, 0) is 19.1 Å². The van der Waals surface area contributed by atoms with Crippen molar-refractivity contribution in [2.75, 3.05) is 7.11 Å². The van der Waals surface area contributed by atoms with E-state index in [2.05, 4.69) is 45.6 Å². The van der Waals surface area contributed by atoms with Gasteiger partial charge in [-0.05, 0) is 99.2 Å². The number of ether oxygens (including phenoxy) is 2. The zero-order chi connectivity index (χ0) is 34.8. The first kappa shape index (κ1) is 40.3. The molecule has 3 rings (SSSR count). The van der Waals surface area contributed by atoms with Crippen molar-refractivity contribution in [2.45, 2.75) is 169 Å². The van der Waals surface area contributed by atoms with E-state index in [1.165, 1.54) is 84.2 Å². The highest BCUT2D eigenvalue weighted by molar-refractivity contribution is 5.71. The van der Waals surface area contributed by atoms with Crippen LogP contribution in [0.1, 0.15) is 163 Å². The molecule has 4 heteroatoms. The molecule has 272 valence electrons. The lowest BCUT2D eigenvalue weighted by molar-refractivity contribution is -0.151. The van der Waals surface area contributed by atoms with Crippen LogP contribution >= 0.6 is 0 Å². The number of esters is 2. The van der Waals surface area contributed by atoms with E-state index in [-0.39, 0.29) is 29.4 Å². The van der Waals surface area contributed by atoms with Gasteiger partial charge >= 0.3 is 11.9 Å². The third kappa shape index (κ3) is 13.0. The number of methoxy groups -OCH3 is 1. The first-order valence-corrected chi connectivity index (χ1v) is 20.1. The Hall–Kier alpha value is -2.10. The number of carbonyl (C=O) groups excluding carboxylic acids is 2. The van der Waals surface area contributed by atoms with Crippen molar-refractivity contribution in [1.82, 2.24) is 0 Å². The number of rotatable bonds is 19. The molecular weight excluding hydrogens is 592 g/mol. The molecule has 0 aromatic heterocycles. The van der Waals surface area contributed by atoms with Gasteiger partial charge in [-0.3, -0.25) is 9.59 Å². The lowest BCUT2D eigenvalue weighted by Crippen LogP contribution is -2.43. The van der Waals surface area contributed by atoms with Crippen molar-refractivity contribution in [1.29, 1.82) is 0 Å². The molecule has 0 heterocycles. The number of hydrogen-bond acceptors (Lipinski definition) is 4. The Labute approximate surface area is 295 Å². The average Bonchev–Trinajstić information content (AvgIpc) is 3.15. The van der Waals surface area contributed by atoms with E-state index in [9.17, 15) is 9.59 Å². The topological polar surface area (TPSA) is 52.6 Å². The van der Waals surface area contributed by atoms with E-state index < -0.39 is 0 Å². The highest BCUT2D eigenvalue weighted by atomic mass is 16.5. The van der Waals surface area contributed by atoms with Gasteiger partial charge in [-0.2, -0.15) is 0 Å². The third-order valence-corrected chi connectivity index (χ3v) is 12.7. The van der Waals surface area contributed by atoms with Crippen molar-refractivity contribution in [3.05, 3.63) is 48.6 Å². The van der Waals surface area contributed by atoms with Crippen LogP contribution in [0.5, 0.6) is 0 Å². The fraction of sp³-hybridized carbons (Fsp3) is 0.773. The molecular formula is C44H72O4. The van der Waals surface area contributed by atoms with Crippen molar-refractivity contribution >= 4 is 11.9 Å². The number of unbranched alkanes of at least 4 members (excludes halogenated alkanes) is 7. The predicted octanol–water partition coefficient (Wildman–Crippen LogP) is 12.3. The molecule has 0 radical (unpaired) electrons. The van der Waals surface area contributed by atoms with Gasteiger partial charge in [0, 0.05) is 12.8 Å². The first-order valence-electron chi connectivity index (χ1n) is 20.1. The van der Waals surface area contributed by atoms with Crippen molar-refractivity contribution in [3.63, 3.8) is 0 Å². The van der Waals surface area contributed by atoms with Gasteiger partial charge in [-0.15, -0.1) is 0 Å². The quantitative estimate of drug-likeness (QED) is 0.0597. The third-order valence-electron chi connectivity index (χ3n) is 12.7. The van der Waals surface area contributed by atoms with E-state index in [0.29, 0.717) is 12.3 Å². The Morgan fingerprint density at radius 2 is 1.69 bits per heavy atom. The number of carbonyl (C=O) groups is 2. The molecule has 2 saturated carbocycles. The van der Waals surface area contributed by atoms with Gasteiger partial charge in [0.1, 0.15) is 6.10 Å². The molecule has 0 bridgehead atoms. The summed E-state index contributed by atoms with van der Waals surface area (Å²) >= 11 is 0. The molecule has 4 nitrogen and oxygen atoms in total. The van der Waals surface area contributed by atoms with Gasteiger partial charge in [0.25, 0.3) is 0 Å². The Kier molecular flexibility index (Phi) is 18.4. The van der Waals surface area contributed by atoms with E-state index in [4.69, 9.17) is 9.47 Å². The molecule has 0 aliphatic heterocycles. The minimum Gasteiger partial charge on any atom is -0.469 e. The molecule has 8 atom stereocenters. The molecule has 0 saturated heterocycles. The summed E-state index contributed by atoms with van der Waals surface area (Å²) in [7, 11) is 1.50. The van der Waals surface area contributed by atoms with Gasteiger partial charge in [0.15, 0.2) is 0 Å². The standard InChI is InChI=1S/C44H72O4/c1-7-8-9-10-11-12-13-14-15-16-17-18-19-26-42(45)48-39-31-32-44(5)38(33-39)29-28-37-24-21-25-40(35(3)27-30-41(37)44)34(2)22-20-23-36(4)43(46)47-6/h7-11,29,34-37,39-41H,1,12-28,30-33H2,2-6H3/b9-8+,11-10+/t34-,35+,36-,37-,39+,40-,41-,44+/m1/s1. The fourth-order valence-corrected chi connectivity index (χ4v) is 9.55. The van der Waals surface area contributed by atoms with E-state index in [0.717, 1.165) is 75.0 Å². The molecule has 3 aliphatic rings. The lowest BCUT2D eigenvalue weighted by atomic mass is 9.55. The van der Waals surface area contributed by atoms with E-state index in [1.807, 2.05) is 19.1 Å². The average molecular weight is 665 g/mol. The largest absolute Gasteiger partial charge is 0.469 e. The molecule has 0 aromatic carbocycles. The van der Waals surface area contributed by atoms with E-state index >= 15 is 0 Å². The van der Waals surface area contributed by atoms with Gasteiger partial charge in [-0.1, -0.05) is 134 Å². The van der Waals surface area contributed by atoms with Crippen LogP contribution in [-0.4, -0.2) is 25.2 Å². The van der Waals surface area contributed by atoms with Gasteiger partial charge in [0.05, 0.1) is 13.0 Å². The Morgan fingerprint density at radius 3 is 2.44 bits per heavy atom. The second kappa shape index (κ2) is 21.9. The van der Waals surface area contributed by atoms with Crippen LogP contribution in [0.25, 0.3) is 0 Å². The fourth-order valence-electron chi connectivity index (χ4n) is 9.55. The number of fused-ring (bicyclic) bond motifs is 3. The maximum atomic E-state index is 12.8. The number of hydrogen-bond donors (Lipinski definition) is 0. The minimum atomic E-state index is -0.0736. The van der Waals surface area contributed by atoms with Crippen LogP contribution in [0.2, 0.25) is 0 Å². The SMILES string of the molecule is C=C/C=C/C=C/CCCCCCCCCC(=O)O[C@H]1CC[C@@]2(C)C(=CC[C@H]3CCC[C@H]([C@H](C)CCC[C@@H](C)C(=O)OC)[C@@H](C)CC[C@H]32)C1. The highest BCUT2D eigenvalue weighted by Crippen LogP contribution is 2.56. The first-order chi connectivity index (χ1) is 23.2. The molecule has 48 heavy (non-hydrogen) atoms. The van der Waals surface area contributed by atoms with Crippen LogP contribution < -0.4 is 0 Å². The van der Waals surface area contributed by atoms with Crippen molar-refractivity contribution < 1.29 is 19.1 Å². The summed E-state index contributed by atoms with van der Waals surface area (Å²) in [4.78, 5) is 24.6. The summed E-state index contributed by atoms with van der Waals surface area (Å²) in [5.41, 5.74) is 1.85. The Bertz CT molecular complexity index is 1050. The molecule has 0 aromatic rings. The summed E-state index contributed by atoms with van der Waals surface area (Å²) in [6.07, 6.45) is 37.1. The lowest BCUT2D eigenvalue weighted by Gasteiger charge is -2.51. The summed E-state index contributed by atoms with van der Waals surface area (Å²) in [6, 6.07) is 0. The second-order valence-corrected chi connectivity index (χ2v) is 16.1. The zero-order valence-electron chi connectivity index (χ0n) is 31.7. The van der Waals surface area contributed by atoms with Crippen LogP contribution in [0, 0.1) is 40.9 Å². The molecule has 0 unspecified atom stereocenters. The van der Waals surface area contributed by atoms with Crippen LogP contribution in [0.15, 0.2) is 48.6 Å². The normalized spacial score (nSPS) is 29.1. The van der Waals surface area contributed by atoms with Crippen molar-refractivity contribution in [2.24, 2.45) is 40.9 Å². The smallest absolute Gasteiger partial charge is 0.308 e. The van der Waals surface area contributed by atoms with Crippen LogP contribution in [0.4, 0.5) is 0 Å². The van der Waals surface area contributed by atoms with Gasteiger partial charge < -0.3 is 9.47 Å². The predicted molar refractivity (Wildman–Crippen MR) is 201 cm³/mol. The van der Waals surface area contributed by atoms with Crippen molar-refractivity contribution in [3.8, 4) is 0 Å². The summed E-state index contributed by atoms with van der Waals surface area (Å²) in [5.74, 6) is 3.71. The summed E-state index contributed by atoms with van der Waals surface area (Å²) in [6.45, 7) is 13.2. The Morgan fingerprint density at radius 1 is 0.938 bits per heavy atom. The monoisotopic (exact) mass is 665 g/mol. The minimum absolute atomic E-state index is 0.00352. The Balaban J connectivity index is 1.37. The molecule has 0 spiro atoms. The van der Waals surface area contributed by atoms with Crippen LogP contribution in [0.3, 0.4) is 0 Å². The zero-order valence-corrected chi connectivity index (χ0v) is 31.7. The van der Waals surface area contributed by atoms with E-state index in [1.54, 1.807) is 11.6 Å². The highest BCUT2D eigenvalue weighted by Gasteiger charge is 2.47. The molecule has 2 fully saturated rings. The molecule has 0 amide bonds. The number of allylic oxidation sites excluding steroid dienone is 6. The summed E-state index contributed by atoms with van der Waals surface area (Å²) < 4.78 is 11.0. The summed E-state index contributed by atoms with van der Waals surface area (Å²) in [5, 5.41) is 0. The maximum Gasteiger partial charge on any atom is 0.308 e. The molecule has 3 aliphatic carbocycles. The van der Waals surface area contributed by atoms with Gasteiger partial charge in [0.2, 0.25) is 0 Å². The molecule has 0 N–H and O–H groups in total. The van der Waals surface area contributed by atoms with Gasteiger partial charge in [-0.25, -0.2) is 0 Å². The second-order valence-electron chi connectivity index (χ2n) is 16.1.